The number of amides is 2. The van der Waals surface area contributed by atoms with Crippen molar-refractivity contribution < 1.29 is 24.2 Å². The van der Waals surface area contributed by atoms with Crippen molar-refractivity contribution in [2.75, 3.05) is 6.61 Å². The highest BCUT2D eigenvalue weighted by atomic mass is 16.5. The van der Waals surface area contributed by atoms with Crippen molar-refractivity contribution in [3.63, 3.8) is 0 Å². The number of carboxylic acids is 1. The van der Waals surface area contributed by atoms with Crippen LogP contribution in [0.15, 0.2) is 48.5 Å². The zero-order valence-corrected chi connectivity index (χ0v) is 19.3. The molecule has 33 heavy (non-hydrogen) atoms. The second-order valence-corrected chi connectivity index (χ2v) is 8.93. The lowest BCUT2D eigenvalue weighted by Gasteiger charge is -2.21. The summed E-state index contributed by atoms with van der Waals surface area (Å²) < 4.78 is 5.54. The van der Waals surface area contributed by atoms with Crippen LogP contribution < -0.4 is 10.6 Å². The molecule has 0 saturated heterocycles. The van der Waals surface area contributed by atoms with E-state index < -0.39 is 18.1 Å². The standard InChI is InChI=1S/C26H32N2O5/c1-16(2)23(14-25(30)31)28-24(29)13-12-17(3)27-26(32)33-15-22-20-10-6-4-8-18(20)19-9-5-7-11-21(19)22/h4-11,16-17,22-23H,12-15H2,1-3H3,(H,27,32)(H,28,29)(H,30,31)/t17?,23-/m1/s1. The summed E-state index contributed by atoms with van der Waals surface area (Å²) in [5, 5.41) is 14.5. The Labute approximate surface area is 194 Å². The summed E-state index contributed by atoms with van der Waals surface area (Å²) in [5.41, 5.74) is 4.64. The number of hydrogen-bond acceptors (Lipinski definition) is 4. The van der Waals surface area contributed by atoms with Crippen LogP contribution in [0, 0.1) is 5.92 Å². The predicted octanol–water partition coefficient (Wildman–Crippen LogP) is 4.31. The van der Waals surface area contributed by atoms with Gasteiger partial charge in [0.05, 0.1) is 6.42 Å². The highest BCUT2D eigenvalue weighted by Crippen LogP contribution is 2.44. The average Bonchev–Trinajstić information content (AvgIpc) is 3.09. The molecule has 0 radical (unpaired) electrons. The van der Waals surface area contributed by atoms with Crippen molar-refractivity contribution >= 4 is 18.0 Å². The van der Waals surface area contributed by atoms with Crippen LogP contribution in [-0.2, 0) is 14.3 Å². The van der Waals surface area contributed by atoms with Crippen LogP contribution in [0.3, 0.4) is 0 Å². The van der Waals surface area contributed by atoms with E-state index in [1.807, 2.05) is 45.0 Å². The minimum atomic E-state index is -0.945. The summed E-state index contributed by atoms with van der Waals surface area (Å²) in [6.45, 7) is 5.79. The molecule has 1 aliphatic rings. The van der Waals surface area contributed by atoms with E-state index in [0.717, 1.165) is 11.1 Å². The lowest BCUT2D eigenvalue weighted by Crippen LogP contribution is -2.41. The van der Waals surface area contributed by atoms with Gasteiger partial charge in [-0.1, -0.05) is 62.4 Å². The molecule has 0 bridgehead atoms. The molecule has 0 heterocycles. The number of rotatable bonds is 10. The van der Waals surface area contributed by atoms with Gasteiger partial charge in [-0.25, -0.2) is 4.79 Å². The molecule has 176 valence electrons. The van der Waals surface area contributed by atoms with E-state index in [-0.39, 0.29) is 43.2 Å². The first-order chi connectivity index (χ1) is 15.8. The first-order valence-corrected chi connectivity index (χ1v) is 11.4. The highest BCUT2D eigenvalue weighted by Gasteiger charge is 2.29. The molecule has 2 aromatic carbocycles. The summed E-state index contributed by atoms with van der Waals surface area (Å²) in [5.74, 6) is -1.16. The maximum absolute atomic E-state index is 12.4. The summed E-state index contributed by atoms with van der Waals surface area (Å²) in [7, 11) is 0. The van der Waals surface area contributed by atoms with Crippen molar-refractivity contribution in [1.82, 2.24) is 10.6 Å². The zero-order valence-electron chi connectivity index (χ0n) is 19.3. The molecule has 7 nitrogen and oxygen atoms in total. The number of carboxylic acid groups (broad SMARTS) is 1. The Morgan fingerprint density at radius 1 is 0.939 bits per heavy atom. The molecule has 0 saturated carbocycles. The Balaban J connectivity index is 1.47. The Morgan fingerprint density at radius 3 is 2.06 bits per heavy atom. The number of aliphatic carboxylic acids is 1. The SMILES string of the molecule is CC(CCC(=O)N[C@H](CC(=O)O)C(C)C)NC(=O)OCC1c2ccccc2-c2ccccc21. The first kappa shape index (κ1) is 24.3. The Morgan fingerprint density at radius 2 is 1.52 bits per heavy atom. The molecule has 0 spiro atoms. The monoisotopic (exact) mass is 452 g/mol. The maximum Gasteiger partial charge on any atom is 0.407 e. The van der Waals surface area contributed by atoms with Crippen molar-refractivity contribution in [2.24, 2.45) is 5.92 Å². The molecule has 2 amide bonds. The summed E-state index contributed by atoms with van der Waals surface area (Å²) in [6.07, 6.45) is -0.0193. The second kappa shape index (κ2) is 11.0. The minimum absolute atomic E-state index is 0.00793. The topological polar surface area (TPSA) is 105 Å². The van der Waals surface area contributed by atoms with Gasteiger partial charge >= 0.3 is 12.1 Å². The van der Waals surface area contributed by atoms with Crippen LogP contribution in [0.4, 0.5) is 4.79 Å². The van der Waals surface area contributed by atoms with Crippen LogP contribution >= 0.6 is 0 Å². The van der Waals surface area contributed by atoms with Crippen LogP contribution in [-0.4, -0.2) is 41.8 Å². The highest BCUT2D eigenvalue weighted by molar-refractivity contribution is 5.79. The molecule has 1 unspecified atom stereocenters. The van der Waals surface area contributed by atoms with Crippen molar-refractivity contribution in [2.45, 2.75) is 58.0 Å². The van der Waals surface area contributed by atoms with Gasteiger partial charge in [-0.2, -0.15) is 0 Å². The summed E-state index contributed by atoms with van der Waals surface area (Å²) in [4.78, 5) is 35.5. The number of hydrogen-bond donors (Lipinski definition) is 3. The summed E-state index contributed by atoms with van der Waals surface area (Å²) in [6, 6.07) is 15.6. The lowest BCUT2D eigenvalue weighted by atomic mass is 9.98. The maximum atomic E-state index is 12.4. The fraction of sp³-hybridized carbons (Fsp3) is 0.423. The average molecular weight is 453 g/mol. The second-order valence-electron chi connectivity index (χ2n) is 8.93. The van der Waals surface area contributed by atoms with Gasteiger partial charge in [0.15, 0.2) is 0 Å². The van der Waals surface area contributed by atoms with Crippen LogP contribution in [0.25, 0.3) is 11.1 Å². The number of nitrogens with one attached hydrogen (secondary N) is 2. The predicted molar refractivity (Wildman–Crippen MR) is 126 cm³/mol. The van der Waals surface area contributed by atoms with Gasteiger partial charge < -0.3 is 20.5 Å². The van der Waals surface area contributed by atoms with E-state index in [1.165, 1.54) is 11.1 Å². The molecule has 3 N–H and O–H groups in total. The fourth-order valence-electron chi connectivity index (χ4n) is 4.18. The number of benzene rings is 2. The molecule has 0 fully saturated rings. The molecule has 2 aromatic rings. The van der Waals surface area contributed by atoms with Gasteiger partial charge in [0.25, 0.3) is 0 Å². The Bertz CT molecular complexity index is 958. The summed E-state index contributed by atoms with van der Waals surface area (Å²) >= 11 is 0. The normalized spacial score (nSPS) is 14.2. The fourth-order valence-corrected chi connectivity index (χ4v) is 4.18. The van der Waals surface area contributed by atoms with Crippen molar-refractivity contribution in [3.05, 3.63) is 59.7 Å². The van der Waals surface area contributed by atoms with E-state index in [2.05, 4.69) is 34.9 Å². The largest absolute Gasteiger partial charge is 0.481 e. The smallest absolute Gasteiger partial charge is 0.407 e. The van der Waals surface area contributed by atoms with E-state index in [1.54, 1.807) is 0 Å². The molecule has 0 aromatic heterocycles. The van der Waals surface area contributed by atoms with E-state index in [9.17, 15) is 14.4 Å². The van der Waals surface area contributed by atoms with Crippen LogP contribution in [0.5, 0.6) is 0 Å². The molecule has 1 aliphatic carbocycles. The third-order valence-electron chi connectivity index (χ3n) is 6.06. The molecular weight excluding hydrogens is 420 g/mol. The molecule has 0 aliphatic heterocycles. The molecular formula is C26H32N2O5. The molecule has 7 heteroatoms. The molecule has 3 rings (SSSR count). The van der Waals surface area contributed by atoms with E-state index >= 15 is 0 Å². The zero-order chi connectivity index (χ0) is 24.0. The van der Waals surface area contributed by atoms with Crippen molar-refractivity contribution in [1.29, 1.82) is 0 Å². The Kier molecular flexibility index (Phi) is 8.09. The minimum Gasteiger partial charge on any atom is -0.481 e. The molecule has 2 atom stereocenters. The number of ether oxygens (including phenoxy) is 1. The lowest BCUT2D eigenvalue weighted by molar-refractivity contribution is -0.138. The van der Waals surface area contributed by atoms with E-state index in [4.69, 9.17) is 9.84 Å². The van der Waals surface area contributed by atoms with Gasteiger partial charge in [-0.15, -0.1) is 0 Å². The van der Waals surface area contributed by atoms with Crippen LogP contribution in [0.1, 0.15) is 57.1 Å². The van der Waals surface area contributed by atoms with Gasteiger partial charge in [0, 0.05) is 24.4 Å². The van der Waals surface area contributed by atoms with Crippen molar-refractivity contribution in [3.8, 4) is 11.1 Å². The van der Waals surface area contributed by atoms with Crippen LogP contribution in [0.2, 0.25) is 0 Å². The van der Waals surface area contributed by atoms with Gasteiger partial charge in [-0.05, 0) is 41.5 Å². The number of fused-ring (bicyclic) bond motifs is 3. The Hall–Kier alpha value is -3.35. The third-order valence-corrected chi connectivity index (χ3v) is 6.06. The van der Waals surface area contributed by atoms with E-state index in [0.29, 0.717) is 6.42 Å². The number of carbonyl (C=O) groups excluding carboxylic acids is 2. The number of alkyl carbamates (subject to hydrolysis) is 1. The van der Waals surface area contributed by atoms with Gasteiger partial charge in [0.2, 0.25) is 5.91 Å². The third kappa shape index (κ3) is 6.34. The first-order valence-electron chi connectivity index (χ1n) is 11.4. The quantitative estimate of drug-likeness (QED) is 0.498. The number of carbonyl (C=O) groups is 3. The van der Waals surface area contributed by atoms with Gasteiger partial charge in [-0.3, -0.25) is 9.59 Å². The van der Waals surface area contributed by atoms with Gasteiger partial charge in [0.1, 0.15) is 6.61 Å².